The zero-order chi connectivity index (χ0) is 13.4. The molecule has 0 atom stereocenters. The average molecular weight is 721 g/mol. The van der Waals surface area contributed by atoms with Crippen molar-refractivity contribution in [1.82, 2.24) is 24.5 Å². The second kappa shape index (κ2) is 12.5. The van der Waals surface area contributed by atoms with E-state index in [1.807, 2.05) is 19.9 Å². The summed E-state index contributed by atoms with van der Waals surface area (Å²) in [6.07, 6.45) is 8.23. The Bertz CT molecular complexity index is 517. The van der Waals surface area contributed by atoms with Crippen LogP contribution in [0.15, 0.2) is 28.7 Å². The molecule has 0 bridgehead atoms. The van der Waals surface area contributed by atoms with Gasteiger partial charge < -0.3 is 24.3 Å². The quantitative estimate of drug-likeness (QED) is 0.259. The maximum absolute atomic E-state index is 4.11. The molecule has 2 aromatic heterocycles. The van der Waals surface area contributed by atoms with E-state index in [0.717, 1.165) is 11.4 Å². The van der Waals surface area contributed by atoms with Crippen molar-refractivity contribution in [3.05, 3.63) is 30.1 Å². The van der Waals surface area contributed by atoms with Crippen LogP contribution >= 0.6 is 0 Å². The monoisotopic (exact) mass is 721 g/mol. The molecule has 9 heteroatoms. The van der Waals surface area contributed by atoms with Crippen molar-refractivity contribution in [3.8, 4) is 0 Å². The van der Waals surface area contributed by atoms with Gasteiger partial charge in [0.15, 0.2) is 0 Å². The Morgan fingerprint density at radius 1 is 1.10 bits per heavy atom. The Balaban J connectivity index is 0. The summed E-state index contributed by atoms with van der Waals surface area (Å²) >= 11 is 0. The zero-order valence-electron chi connectivity index (χ0n) is 11.9. The summed E-state index contributed by atoms with van der Waals surface area (Å²) in [6.45, 7) is 3.92. The van der Waals surface area contributed by atoms with Gasteiger partial charge in [0.25, 0.3) is 0 Å². The van der Waals surface area contributed by atoms with Crippen LogP contribution in [0.4, 0.5) is 0 Å². The van der Waals surface area contributed by atoms with Gasteiger partial charge in [-0.2, -0.15) is 5.10 Å². The molecule has 0 fully saturated rings. The Labute approximate surface area is 166 Å². The molecule has 2 heterocycles. The third-order valence-corrected chi connectivity index (χ3v) is 1.83. The van der Waals surface area contributed by atoms with Gasteiger partial charge in [0.1, 0.15) is 6.33 Å². The molecule has 20 heavy (non-hydrogen) atoms. The first-order valence-corrected chi connectivity index (χ1v) is 5.25. The van der Waals surface area contributed by atoms with Gasteiger partial charge in [0, 0.05) is 82.0 Å². The summed E-state index contributed by atoms with van der Waals surface area (Å²) < 4.78 is 3.04. The first-order chi connectivity index (χ1) is 8.67. The minimum Gasteiger partial charge on any atom is -0.389 e. The van der Waals surface area contributed by atoms with Crippen LogP contribution in [0.3, 0.4) is 0 Å². The zero-order valence-corrected chi connectivity index (χ0v) is 20.2. The van der Waals surface area contributed by atoms with Crippen LogP contribution in [-0.2, 0) is 0 Å². The van der Waals surface area contributed by atoms with E-state index in [1.165, 1.54) is 17.3 Å². The van der Waals surface area contributed by atoms with E-state index in [2.05, 4.69) is 37.8 Å². The van der Waals surface area contributed by atoms with Crippen molar-refractivity contribution in [2.24, 2.45) is 9.98 Å². The van der Waals surface area contributed by atoms with Crippen LogP contribution in [0.5, 0.6) is 0 Å². The summed E-state index contributed by atoms with van der Waals surface area (Å²) in [5, 5.41) is 7.82. The van der Waals surface area contributed by atoms with Gasteiger partial charge in [-0.3, -0.25) is 0 Å². The van der Waals surface area contributed by atoms with E-state index >= 15 is 0 Å². The molecule has 0 saturated carbocycles. The second-order valence-corrected chi connectivity index (χ2v) is 3.33. The molecule has 0 aliphatic heterocycles. The van der Waals surface area contributed by atoms with E-state index < -0.39 is 0 Å². The van der Waals surface area contributed by atoms with Crippen LogP contribution in [0.2, 0.25) is 0 Å². The van der Waals surface area contributed by atoms with Gasteiger partial charge in [-0.1, -0.05) is 6.92 Å². The molecule has 0 aliphatic rings. The largest absolute Gasteiger partial charge is 0.389 e. The summed E-state index contributed by atoms with van der Waals surface area (Å²) in [7, 11) is 3.30. The van der Waals surface area contributed by atoms with Gasteiger partial charge in [-0.15, -0.1) is 11.8 Å². The third kappa shape index (κ3) is 8.16. The Hall–Kier alpha value is -0.206. The summed E-state index contributed by atoms with van der Waals surface area (Å²) in [5.74, 6) is 0. The molecule has 0 saturated heterocycles. The molecule has 0 aromatic carbocycles. The molecule has 104 valence electrons. The first kappa shape index (κ1) is 22.1. The van der Waals surface area contributed by atoms with Crippen molar-refractivity contribution in [3.63, 3.8) is 0 Å². The van der Waals surface area contributed by atoms with Crippen molar-refractivity contribution < 1.29 is 62.2 Å². The topological polar surface area (TPSA) is 73.2 Å². The molecule has 2 aromatic rings. The molecule has 0 unspecified atom stereocenters. The third-order valence-electron chi connectivity index (χ3n) is 1.83. The fraction of sp³-hybridized carbons (Fsp3) is 0.364. The molecule has 0 aliphatic carbocycles. The van der Waals surface area contributed by atoms with Crippen LogP contribution in [0.1, 0.15) is 11.4 Å². The Kier molecular flexibility index (Phi) is 13.8. The minimum atomic E-state index is 0. The predicted molar refractivity (Wildman–Crippen MR) is 69.2 cm³/mol. The summed E-state index contributed by atoms with van der Waals surface area (Å²) in [4.78, 5) is 11.0. The number of aliphatic imine (C=N–C) groups is 2. The van der Waals surface area contributed by atoms with Gasteiger partial charge >= 0.3 is 0 Å². The molecule has 0 radical (unpaired) electrons. The van der Waals surface area contributed by atoms with E-state index in [4.69, 9.17) is 0 Å². The van der Waals surface area contributed by atoms with Gasteiger partial charge in [0.2, 0.25) is 0 Å². The molecular formula is C11H15N7U2-2. The Morgan fingerprint density at radius 3 is 2.15 bits per heavy atom. The Morgan fingerprint density at radius 2 is 1.75 bits per heavy atom. The number of aromatic nitrogens is 5. The summed E-state index contributed by atoms with van der Waals surface area (Å²) in [6, 6.07) is 1.98. The molecule has 0 amide bonds. The number of nitrogens with zero attached hydrogens (tertiary/aromatic N) is 7. The fourth-order valence-corrected chi connectivity index (χ4v) is 1.19. The number of aryl methyl sites for hydroxylation is 2. The van der Waals surface area contributed by atoms with E-state index in [-0.39, 0.29) is 62.2 Å². The predicted octanol–water partition coefficient (Wildman–Crippen LogP) is 0.544. The second-order valence-electron chi connectivity index (χ2n) is 3.33. The van der Waals surface area contributed by atoms with Crippen LogP contribution in [0, 0.1) is 76.1 Å². The van der Waals surface area contributed by atoms with Crippen LogP contribution in [0.25, 0.3) is 0 Å². The standard InChI is InChI=1S/C7H10N3.C4H5N4.2U/c1-6-4-7(2)10(9-6)5-8-3;1-5-3-8-4-6-2-7-8;;/h4H,1-3H3;2,4H,1H3;;/q2*-1;;. The van der Waals surface area contributed by atoms with E-state index in [0.29, 0.717) is 0 Å². The normalized spacial score (nSPS) is 9.80. The number of rotatable bonds is 2. The van der Waals surface area contributed by atoms with Crippen LogP contribution < -0.4 is 0 Å². The van der Waals surface area contributed by atoms with Crippen molar-refractivity contribution in [2.45, 2.75) is 13.8 Å². The molecular weight excluding hydrogens is 706 g/mol. The maximum Gasteiger partial charge on any atom is 0.115 e. The molecule has 0 spiro atoms. The first-order valence-electron chi connectivity index (χ1n) is 5.25. The molecule has 2 rings (SSSR count). The van der Waals surface area contributed by atoms with Crippen molar-refractivity contribution in [2.75, 3.05) is 14.1 Å². The smallest absolute Gasteiger partial charge is 0.115 e. The van der Waals surface area contributed by atoms with Crippen molar-refractivity contribution >= 4 is 12.7 Å². The van der Waals surface area contributed by atoms with Gasteiger partial charge in [-0.05, 0) is 25.9 Å². The van der Waals surface area contributed by atoms with E-state index in [9.17, 15) is 0 Å². The van der Waals surface area contributed by atoms with Crippen LogP contribution in [-0.4, -0.2) is 51.3 Å². The molecule has 0 N–H and O–H groups in total. The van der Waals surface area contributed by atoms with Gasteiger partial charge in [0.05, 0.1) is 0 Å². The average Bonchev–Trinajstić information content (AvgIpc) is 2.92. The SMILES string of the molecule is CN=[C-]n1cncn1.CN=[C-]n1nc(C)cc1C.[U].[U]. The number of hydrogen-bond acceptors (Lipinski definition) is 5. The summed E-state index contributed by atoms with van der Waals surface area (Å²) in [5.41, 5.74) is 2.05. The fourth-order valence-electron chi connectivity index (χ4n) is 1.19. The minimum absolute atomic E-state index is 0. The number of hydrogen-bond donors (Lipinski definition) is 0. The van der Waals surface area contributed by atoms with Gasteiger partial charge in [-0.25, -0.2) is 5.10 Å². The van der Waals surface area contributed by atoms with E-state index in [1.54, 1.807) is 18.8 Å². The molecule has 7 nitrogen and oxygen atoms in total. The van der Waals surface area contributed by atoms with Crippen molar-refractivity contribution in [1.29, 1.82) is 0 Å². The maximum atomic E-state index is 4.11.